The molecule has 10 heteroatoms. The molecule has 0 radical (unpaired) electrons. The van der Waals surface area contributed by atoms with Crippen LogP contribution in [0, 0.1) is 17.6 Å². The predicted octanol–water partition coefficient (Wildman–Crippen LogP) is 1.59. The Bertz CT molecular complexity index is 737. The van der Waals surface area contributed by atoms with Crippen molar-refractivity contribution in [1.29, 1.82) is 0 Å². The number of likely N-dealkylation sites (tertiary alicyclic amines) is 1. The summed E-state index contributed by atoms with van der Waals surface area (Å²) < 4.78 is 41.5. The van der Waals surface area contributed by atoms with Gasteiger partial charge in [0.2, 0.25) is 11.9 Å². The Labute approximate surface area is 147 Å². The maximum absolute atomic E-state index is 14.5. The number of hydrogen-bond donors (Lipinski definition) is 2. The fourth-order valence-electron chi connectivity index (χ4n) is 3.29. The normalized spacial score (nSPS) is 26.4. The Hall–Kier alpha value is -2.78. The number of benzene rings is 1. The third-order valence-electron chi connectivity index (χ3n) is 4.61. The Morgan fingerprint density at radius 3 is 2.62 bits per heavy atom. The maximum atomic E-state index is 14.5. The smallest absolute Gasteiger partial charge is 0.249 e. The molecule has 1 aromatic rings. The van der Waals surface area contributed by atoms with Crippen molar-refractivity contribution in [2.75, 3.05) is 13.1 Å². The number of amides is 1. The van der Waals surface area contributed by atoms with Crippen LogP contribution >= 0.6 is 0 Å². The van der Waals surface area contributed by atoms with Gasteiger partial charge in [-0.25, -0.2) is 18.2 Å². The molecular formula is C16H18F3N5O2. The molecule has 2 aliphatic rings. The lowest BCUT2D eigenvalue weighted by molar-refractivity contribution is -0.141. The van der Waals surface area contributed by atoms with E-state index in [1.807, 2.05) is 0 Å². The average molecular weight is 369 g/mol. The van der Waals surface area contributed by atoms with Gasteiger partial charge in [-0.2, -0.15) is 5.10 Å². The number of carbonyl (C=O) groups is 1. The fourth-order valence-corrected chi connectivity index (χ4v) is 3.29. The molecule has 1 aromatic carbocycles. The molecule has 3 N–H and O–H groups in total. The maximum Gasteiger partial charge on any atom is 0.249 e. The summed E-state index contributed by atoms with van der Waals surface area (Å²) in [5, 5.41) is 16.6. The highest BCUT2D eigenvalue weighted by molar-refractivity contribution is 5.83. The Morgan fingerprint density at radius 1 is 1.31 bits per heavy atom. The first kappa shape index (κ1) is 18.0. The highest BCUT2D eigenvalue weighted by Gasteiger charge is 2.40. The van der Waals surface area contributed by atoms with Crippen molar-refractivity contribution in [2.45, 2.75) is 25.1 Å². The molecule has 1 amide bonds. The summed E-state index contributed by atoms with van der Waals surface area (Å²) in [6, 6.07) is 2.33. The number of hydrogen-bond acceptors (Lipinski definition) is 4. The van der Waals surface area contributed by atoms with E-state index in [9.17, 15) is 18.0 Å². The minimum atomic E-state index is -1.54. The second-order valence-corrected chi connectivity index (χ2v) is 6.25. The van der Waals surface area contributed by atoms with E-state index >= 15 is 0 Å². The highest BCUT2D eigenvalue weighted by Crippen LogP contribution is 2.33. The molecule has 2 heterocycles. The summed E-state index contributed by atoms with van der Waals surface area (Å²) in [6.45, 7) is 0.0483. The summed E-state index contributed by atoms with van der Waals surface area (Å²) in [7, 11) is 0. The quantitative estimate of drug-likeness (QED) is 0.358. The molecule has 0 aromatic heterocycles. The number of oxime groups is 1. The molecule has 0 spiro atoms. The van der Waals surface area contributed by atoms with Crippen LogP contribution in [0.1, 0.15) is 24.4 Å². The van der Waals surface area contributed by atoms with Gasteiger partial charge in [-0.1, -0.05) is 5.16 Å². The van der Waals surface area contributed by atoms with Crippen LogP contribution in [0.3, 0.4) is 0 Å². The van der Waals surface area contributed by atoms with Crippen LogP contribution in [0.2, 0.25) is 0 Å². The molecule has 3 atom stereocenters. The van der Waals surface area contributed by atoms with Crippen molar-refractivity contribution in [2.24, 2.45) is 21.9 Å². The summed E-state index contributed by atoms with van der Waals surface area (Å²) in [5.74, 6) is -3.25. The van der Waals surface area contributed by atoms with Gasteiger partial charge in [0.1, 0.15) is 17.8 Å². The van der Waals surface area contributed by atoms with Gasteiger partial charge >= 0.3 is 0 Å². The number of carbonyl (C=O) groups excluding carboxylic acids is 1. The Kier molecular flexibility index (Phi) is 5.01. The molecule has 0 aliphatic carbocycles. The van der Waals surface area contributed by atoms with Crippen molar-refractivity contribution in [3.8, 4) is 0 Å². The topological polar surface area (TPSA) is 94.5 Å². The predicted molar refractivity (Wildman–Crippen MR) is 87.0 cm³/mol. The number of hydrazone groups is 1. The van der Waals surface area contributed by atoms with Gasteiger partial charge in [0.25, 0.3) is 0 Å². The van der Waals surface area contributed by atoms with E-state index in [-0.39, 0.29) is 37.5 Å². The lowest BCUT2D eigenvalue weighted by Gasteiger charge is -2.36. The number of halogens is 3. The van der Waals surface area contributed by atoms with Gasteiger partial charge in [0.05, 0.1) is 18.5 Å². The van der Waals surface area contributed by atoms with Gasteiger partial charge in [-0.3, -0.25) is 4.79 Å². The average Bonchev–Trinajstić information content (AvgIpc) is 3.09. The molecule has 0 bridgehead atoms. The number of rotatable bonds is 2. The van der Waals surface area contributed by atoms with Gasteiger partial charge in [0, 0.05) is 25.2 Å². The SMILES string of the molecule is NC(=NO)N1CC[C@@H](C(=O)N2N=CC[C@H]2c2cc(F)cc(F)c2)[C@@H](F)C1. The van der Waals surface area contributed by atoms with Gasteiger partial charge in [-0.15, -0.1) is 0 Å². The number of guanidine groups is 1. The van der Waals surface area contributed by atoms with Crippen LogP contribution < -0.4 is 5.73 Å². The zero-order valence-electron chi connectivity index (χ0n) is 13.7. The molecule has 2 aliphatic heterocycles. The van der Waals surface area contributed by atoms with E-state index in [2.05, 4.69) is 10.3 Å². The number of nitrogens with two attached hydrogens (primary N) is 1. The number of piperidine rings is 1. The van der Waals surface area contributed by atoms with Gasteiger partial charge in [0.15, 0.2) is 0 Å². The van der Waals surface area contributed by atoms with E-state index in [1.165, 1.54) is 11.1 Å². The minimum Gasteiger partial charge on any atom is -0.408 e. The van der Waals surface area contributed by atoms with Crippen LogP contribution in [0.4, 0.5) is 13.2 Å². The lowest BCUT2D eigenvalue weighted by Crippen LogP contribution is -2.51. The lowest BCUT2D eigenvalue weighted by atomic mass is 9.93. The van der Waals surface area contributed by atoms with Crippen LogP contribution in [-0.4, -0.2) is 52.5 Å². The monoisotopic (exact) mass is 369 g/mol. The molecule has 3 rings (SSSR count). The van der Waals surface area contributed by atoms with E-state index in [0.717, 1.165) is 23.2 Å². The summed E-state index contributed by atoms with van der Waals surface area (Å²) in [5.41, 5.74) is 5.71. The largest absolute Gasteiger partial charge is 0.408 e. The molecule has 0 saturated carbocycles. The molecule has 140 valence electrons. The van der Waals surface area contributed by atoms with Crippen LogP contribution in [0.5, 0.6) is 0 Å². The zero-order valence-corrected chi connectivity index (χ0v) is 13.7. The molecule has 1 saturated heterocycles. The first-order valence-corrected chi connectivity index (χ1v) is 8.08. The zero-order chi connectivity index (χ0) is 18.8. The van der Waals surface area contributed by atoms with Gasteiger partial charge < -0.3 is 15.8 Å². The second kappa shape index (κ2) is 7.22. The minimum absolute atomic E-state index is 0.145. The Morgan fingerprint density at radius 2 is 2.00 bits per heavy atom. The molecule has 0 unspecified atom stereocenters. The molecular weight excluding hydrogens is 351 g/mol. The van der Waals surface area contributed by atoms with Crippen molar-refractivity contribution < 1.29 is 23.2 Å². The van der Waals surface area contributed by atoms with Crippen LogP contribution in [-0.2, 0) is 4.79 Å². The first-order chi connectivity index (χ1) is 12.4. The standard InChI is InChI=1S/C16H18F3N5O2/c17-10-5-9(6-11(18)7-10)14-1-3-21-24(14)15(25)12-2-4-23(8-13(12)19)16(20)22-26/h3,5-7,12-14,26H,1-2,4,8H2,(H2,20,22)/t12-,13+,14+/m1/s1. The first-order valence-electron chi connectivity index (χ1n) is 8.08. The summed E-state index contributed by atoms with van der Waals surface area (Å²) >= 11 is 0. The molecule has 26 heavy (non-hydrogen) atoms. The third-order valence-corrected chi connectivity index (χ3v) is 4.61. The number of alkyl halides is 1. The third kappa shape index (κ3) is 3.44. The van der Waals surface area contributed by atoms with Crippen LogP contribution in [0.15, 0.2) is 28.5 Å². The highest BCUT2D eigenvalue weighted by atomic mass is 19.1. The molecule has 7 nitrogen and oxygen atoms in total. The van der Waals surface area contributed by atoms with E-state index in [1.54, 1.807) is 0 Å². The summed E-state index contributed by atoms with van der Waals surface area (Å²) in [4.78, 5) is 14.1. The van der Waals surface area contributed by atoms with Crippen molar-refractivity contribution in [3.63, 3.8) is 0 Å². The van der Waals surface area contributed by atoms with Crippen molar-refractivity contribution in [1.82, 2.24) is 9.91 Å². The summed E-state index contributed by atoms with van der Waals surface area (Å²) in [6.07, 6.45) is 0.350. The Balaban J connectivity index is 1.75. The van der Waals surface area contributed by atoms with Crippen LogP contribution in [0.25, 0.3) is 0 Å². The fraction of sp³-hybridized carbons (Fsp3) is 0.438. The molecule has 1 fully saturated rings. The van der Waals surface area contributed by atoms with E-state index < -0.39 is 35.7 Å². The number of nitrogens with zero attached hydrogens (tertiary/aromatic N) is 4. The van der Waals surface area contributed by atoms with Crippen molar-refractivity contribution >= 4 is 18.1 Å². The second-order valence-electron chi connectivity index (χ2n) is 6.25. The van der Waals surface area contributed by atoms with E-state index in [0.29, 0.717) is 0 Å². The van der Waals surface area contributed by atoms with Crippen molar-refractivity contribution in [3.05, 3.63) is 35.4 Å². The van der Waals surface area contributed by atoms with Gasteiger partial charge in [-0.05, 0) is 24.1 Å². The van der Waals surface area contributed by atoms with E-state index in [4.69, 9.17) is 10.9 Å².